The highest BCUT2D eigenvalue weighted by atomic mass is 15.3. The number of nitrogens with zero attached hydrogens (tertiary/aromatic N) is 3. The summed E-state index contributed by atoms with van der Waals surface area (Å²) in [7, 11) is 0. The number of aromatic amines is 1. The van der Waals surface area contributed by atoms with Gasteiger partial charge in [0.05, 0.1) is 12.2 Å². The van der Waals surface area contributed by atoms with Crippen molar-refractivity contribution >= 4 is 0 Å². The molecule has 2 N–H and O–H groups in total. The van der Waals surface area contributed by atoms with Crippen molar-refractivity contribution in [3.63, 3.8) is 0 Å². The summed E-state index contributed by atoms with van der Waals surface area (Å²) >= 11 is 0. The van der Waals surface area contributed by atoms with Crippen LogP contribution in [0.2, 0.25) is 0 Å². The highest BCUT2D eigenvalue weighted by Crippen LogP contribution is 2.17. The molecule has 0 aliphatic rings. The zero-order valence-electron chi connectivity index (χ0n) is 9.22. The van der Waals surface area contributed by atoms with Crippen LogP contribution < -0.4 is 5.32 Å². The zero-order valence-corrected chi connectivity index (χ0v) is 9.22. The second-order valence-corrected chi connectivity index (χ2v) is 3.57. The lowest BCUT2D eigenvalue weighted by molar-refractivity contribution is 0.583. The van der Waals surface area contributed by atoms with E-state index in [0.717, 1.165) is 24.2 Å². The minimum Gasteiger partial charge on any atom is -0.305 e. The molecule has 5 nitrogen and oxygen atoms in total. The Hall–Kier alpha value is -1.75. The van der Waals surface area contributed by atoms with Crippen LogP contribution in [0.5, 0.6) is 0 Å². The molecule has 0 aliphatic heterocycles. The molecule has 0 radical (unpaired) electrons. The first-order valence-corrected chi connectivity index (χ1v) is 5.40. The molecule has 2 heterocycles. The largest absolute Gasteiger partial charge is 0.305 e. The number of aromatic nitrogens is 4. The van der Waals surface area contributed by atoms with E-state index < -0.39 is 0 Å². The standard InChI is InChI=1S/C11H15N5/c1-2-5-13-11(10-8-14-16-15-10)9-4-3-6-12-7-9/h3-4,6-8,11,13H,2,5H2,1H3,(H,14,15,16). The molecule has 2 rings (SSSR count). The topological polar surface area (TPSA) is 66.5 Å². The van der Waals surface area contributed by atoms with E-state index in [1.54, 1.807) is 12.4 Å². The van der Waals surface area contributed by atoms with E-state index in [1.807, 2.05) is 18.3 Å². The average Bonchev–Trinajstić information content (AvgIpc) is 2.85. The molecule has 0 spiro atoms. The summed E-state index contributed by atoms with van der Waals surface area (Å²) in [4.78, 5) is 4.13. The van der Waals surface area contributed by atoms with Crippen LogP contribution in [0.4, 0.5) is 0 Å². The van der Waals surface area contributed by atoms with Gasteiger partial charge in [-0.05, 0) is 24.6 Å². The molecule has 1 atom stereocenters. The second-order valence-electron chi connectivity index (χ2n) is 3.57. The highest BCUT2D eigenvalue weighted by Gasteiger charge is 2.15. The van der Waals surface area contributed by atoms with Gasteiger partial charge in [-0.15, -0.1) is 0 Å². The van der Waals surface area contributed by atoms with Crippen LogP contribution in [0.1, 0.15) is 30.6 Å². The normalized spacial score (nSPS) is 12.6. The van der Waals surface area contributed by atoms with Gasteiger partial charge in [-0.3, -0.25) is 4.98 Å². The van der Waals surface area contributed by atoms with Crippen LogP contribution >= 0.6 is 0 Å². The minimum atomic E-state index is 0.0624. The van der Waals surface area contributed by atoms with E-state index in [-0.39, 0.29) is 6.04 Å². The fraction of sp³-hybridized carbons (Fsp3) is 0.364. The van der Waals surface area contributed by atoms with Crippen LogP contribution in [0.25, 0.3) is 0 Å². The number of rotatable bonds is 5. The molecule has 0 saturated carbocycles. The van der Waals surface area contributed by atoms with Crippen LogP contribution in [0, 0.1) is 0 Å². The number of nitrogens with one attached hydrogen (secondary N) is 2. The third-order valence-electron chi connectivity index (χ3n) is 2.35. The Bertz CT molecular complexity index is 398. The Morgan fingerprint density at radius 2 is 2.38 bits per heavy atom. The fourth-order valence-electron chi connectivity index (χ4n) is 1.58. The maximum atomic E-state index is 4.13. The molecule has 84 valence electrons. The van der Waals surface area contributed by atoms with Gasteiger partial charge < -0.3 is 5.32 Å². The third-order valence-corrected chi connectivity index (χ3v) is 2.35. The number of hydrogen-bond donors (Lipinski definition) is 2. The van der Waals surface area contributed by atoms with E-state index in [2.05, 4.69) is 32.6 Å². The van der Waals surface area contributed by atoms with Crippen molar-refractivity contribution in [1.82, 2.24) is 25.7 Å². The molecule has 0 bridgehead atoms. The molecule has 2 aromatic heterocycles. The van der Waals surface area contributed by atoms with Crippen molar-refractivity contribution < 1.29 is 0 Å². The van der Waals surface area contributed by atoms with Gasteiger partial charge in [0, 0.05) is 12.4 Å². The summed E-state index contributed by atoms with van der Waals surface area (Å²) in [5.74, 6) is 0. The second kappa shape index (κ2) is 5.37. The lowest BCUT2D eigenvalue weighted by Gasteiger charge is -2.15. The van der Waals surface area contributed by atoms with E-state index in [1.165, 1.54) is 0 Å². The van der Waals surface area contributed by atoms with E-state index >= 15 is 0 Å². The first-order chi connectivity index (χ1) is 7.92. The quantitative estimate of drug-likeness (QED) is 0.792. The van der Waals surface area contributed by atoms with Gasteiger partial charge in [-0.2, -0.15) is 15.4 Å². The number of pyridine rings is 1. The molecule has 16 heavy (non-hydrogen) atoms. The van der Waals surface area contributed by atoms with Crippen molar-refractivity contribution in [3.8, 4) is 0 Å². The van der Waals surface area contributed by atoms with Crippen molar-refractivity contribution in [3.05, 3.63) is 42.0 Å². The first kappa shape index (κ1) is 10.8. The Labute approximate surface area is 94.3 Å². The molecule has 1 unspecified atom stereocenters. The predicted molar refractivity (Wildman–Crippen MR) is 60.8 cm³/mol. The lowest BCUT2D eigenvalue weighted by Crippen LogP contribution is -2.23. The molecule has 5 heteroatoms. The minimum absolute atomic E-state index is 0.0624. The molecule has 2 aromatic rings. The van der Waals surface area contributed by atoms with Crippen molar-refractivity contribution in [2.45, 2.75) is 19.4 Å². The van der Waals surface area contributed by atoms with Gasteiger partial charge in [0.25, 0.3) is 0 Å². The summed E-state index contributed by atoms with van der Waals surface area (Å²) < 4.78 is 0. The molecular weight excluding hydrogens is 202 g/mol. The van der Waals surface area contributed by atoms with Gasteiger partial charge in [0.2, 0.25) is 0 Å². The third kappa shape index (κ3) is 2.43. The van der Waals surface area contributed by atoms with E-state index in [9.17, 15) is 0 Å². The van der Waals surface area contributed by atoms with Crippen LogP contribution in [-0.2, 0) is 0 Å². The summed E-state index contributed by atoms with van der Waals surface area (Å²) in [5, 5.41) is 14.0. The smallest absolute Gasteiger partial charge is 0.104 e. The van der Waals surface area contributed by atoms with Gasteiger partial charge in [0.15, 0.2) is 0 Å². The summed E-state index contributed by atoms with van der Waals surface area (Å²) in [6.45, 7) is 3.07. The van der Waals surface area contributed by atoms with E-state index in [4.69, 9.17) is 0 Å². The summed E-state index contributed by atoms with van der Waals surface area (Å²) in [6.07, 6.45) is 6.43. The Kier molecular flexibility index (Phi) is 3.61. The Morgan fingerprint density at radius 1 is 1.44 bits per heavy atom. The van der Waals surface area contributed by atoms with Crippen LogP contribution in [-0.4, -0.2) is 26.9 Å². The maximum absolute atomic E-state index is 4.13. The Balaban J connectivity index is 2.21. The van der Waals surface area contributed by atoms with Crippen molar-refractivity contribution in [1.29, 1.82) is 0 Å². The number of H-pyrrole nitrogens is 1. The molecule has 0 aromatic carbocycles. The molecule has 0 amide bonds. The molecule has 0 fully saturated rings. The molecule has 0 aliphatic carbocycles. The van der Waals surface area contributed by atoms with Gasteiger partial charge in [-0.25, -0.2) is 0 Å². The van der Waals surface area contributed by atoms with Crippen molar-refractivity contribution in [2.75, 3.05) is 6.54 Å². The lowest BCUT2D eigenvalue weighted by atomic mass is 10.1. The highest BCUT2D eigenvalue weighted by molar-refractivity contribution is 5.22. The monoisotopic (exact) mass is 217 g/mol. The van der Waals surface area contributed by atoms with Gasteiger partial charge in [0.1, 0.15) is 5.69 Å². The fourth-order valence-corrected chi connectivity index (χ4v) is 1.58. The van der Waals surface area contributed by atoms with Crippen LogP contribution in [0.15, 0.2) is 30.7 Å². The Morgan fingerprint density at radius 3 is 3.00 bits per heavy atom. The van der Waals surface area contributed by atoms with Gasteiger partial charge in [-0.1, -0.05) is 13.0 Å². The average molecular weight is 217 g/mol. The SMILES string of the molecule is CCCNC(c1cccnc1)c1cn[nH]n1. The number of hydrogen-bond acceptors (Lipinski definition) is 4. The molecule has 0 saturated heterocycles. The maximum Gasteiger partial charge on any atom is 0.104 e. The van der Waals surface area contributed by atoms with Gasteiger partial charge >= 0.3 is 0 Å². The zero-order chi connectivity index (χ0) is 11.2. The summed E-state index contributed by atoms with van der Waals surface area (Å²) in [6, 6.07) is 4.03. The first-order valence-electron chi connectivity index (χ1n) is 5.40. The van der Waals surface area contributed by atoms with Crippen LogP contribution in [0.3, 0.4) is 0 Å². The summed E-state index contributed by atoms with van der Waals surface area (Å²) in [5.41, 5.74) is 1.99. The molecular formula is C11H15N5. The van der Waals surface area contributed by atoms with Crippen molar-refractivity contribution in [2.24, 2.45) is 0 Å². The predicted octanol–water partition coefficient (Wildman–Crippen LogP) is 1.29. The van der Waals surface area contributed by atoms with E-state index in [0.29, 0.717) is 0 Å².